The quantitative estimate of drug-likeness (QED) is 0.151. The van der Waals surface area contributed by atoms with Gasteiger partial charge in [0.25, 0.3) is 0 Å². The molecule has 30 heavy (non-hydrogen) atoms. The third-order valence-electron chi connectivity index (χ3n) is 5.97. The number of aliphatic hydroxyl groups is 1. The Morgan fingerprint density at radius 1 is 0.600 bits per heavy atom. The molecule has 0 radical (unpaired) electrons. The summed E-state index contributed by atoms with van der Waals surface area (Å²) in [4.78, 5) is 0. The maximum Gasteiger partial charge on any atom is 1.00 e. The fourth-order valence-electron chi connectivity index (χ4n) is 4.05. The van der Waals surface area contributed by atoms with Crippen molar-refractivity contribution in [1.29, 1.82) is 0 Å². The zero-order chi connectivity index (χ0) is 21.8. The maximum absolute atomic E-state index is 11.2. The Morgan fingerprint density at radius 3 is 1.33 bits per heavy atom. The molecule has 2 atom stereocenters. The number of aliphatic hydroxyl groups excluding tert-OH is 1. The van der Waals surface area contributed by atoms with Crippen LogP contribution in [0.1, 0.15) is 142 Å². The molecule has 2 unspecified atom stereocenters. The first-order valence-electron chi connectivity index (χ1n) is 12.5. The largest absolute Gasteiger partial charge is 1.00 e. The molecule has 0 aromatic rings. The SMILES string of the molecule is CCCCCCCCCC(O)CCCCCCCCCCC(CCC)S(=O)(=O)[O-].[Na+]. The molecule has 0 aromatic carbocycles. The maximum atomic E-state index is 11.2. The van der Waals surface area contributed by atoms with Crippen LogP contribution in [-0.4, -0.2) is 29.4 Å². The molecule has 1 N–H and O–H groups in total. The minimum Gasteiger partial charge on any atom is -0.748 e. The topological polar surface area (TPSA) is 77.4 Å². The Balaban J connectivity index is 0. The van der Waals surface area contributed by atoms with Gasteiger partial charge < -0.3 is 9.66 Å². The van der Waals surface area contributed by atoms with Gasteiger partial charge in [-0.05, 0) is 25.7 Å². The van der Waals surface area contributed by atoms with Gasteiger partial charge >= 0.3 is 29.6 Å². The first-order valence-corrected chi connectivity index (χ1v) is 14.0. The van der Waals surface area contributed by atoms with Crippen LogP contribution in [0.5, 0.6) is 0 Å². The summed E-state index contributed by atoms with van der Waals surface area (Å²) >= 11 is 0. The van der Waals surface area contributed by atoms with Crippen LogP contribution < -0.4 is 29.6 Å². The van der Waals surface area contributed by atoms with Gasteiger partial charge in [0.2, 0.25) is 0 Å². The van der Waals surface area contributed by atoms with Crippen LogP contribution in [-0.2, 0) is 10.1 Å². The molecule has 0 amide bonds. The van der Waals surface area contributed by atoms with Gasteiger partial charge in [0, 0.05) is 5.25 Å². The number of unbranched alkanes of at least 4 members (excludes halogenated alkanes) is 13. The summed E-state index contributed by atoms with van der Waals surface area (Å²) < 4.78 is 33.6. The van der Waals surface area contributed by atoms with Crippen molar-refractivity contribution in [2.75, 3.05) is 0 Å². The van der Waals surface area contributed by atoms with Crippen molar-refractivity contribution >= 4 is 10.1 Å². The summed E-state index contributed by atoms with van der Waals surface area (Å²) in [5.74, 6) is 0. The summed E-state index contributed by atoms with van der Waals surface area (Å²) in [7, 11) is -4.13. The molecule has 6 heteroatoms. The molecule has 0 saturated heterocycles. The molecule has 176 valence electrons. The molecular weight excluding hydrogens is 407 g/mol. The van der Waals surface area contributed by atoms with E-state index in [9.17, 15) is 18.1 Å². The Hall–Kier alpha value is 0.870. The molecule has 0 aromatic heterocycles. The van der Waals surface area contributed by atoms with Crippen molar-refractivity contribution in [2.45, 2.75) is 154 Å². The van der Waals surface area contributed by atoms with Gasteiger partial charge in [-0.1, -0.05) is 117 Å². The van der Waals surface area contributed by atoms with Gasteiger partial charge in [-0.3, -0.25) is 0 Å². The summed E-state index contributed by atoms with van der Waals surface area (Å²) in [6.07, 6.45) is 21.6. The minimum absolute atomic E-state index is 0. The molecule has 4 nitrogen and oxygen atoms in total. The molecule has 0 bridgehead atoms. The van der Waals surface area contributed by atoms with Crippen molar-refractivity contribution in [3.63, 3.8) is 0 Å². The van der Waals surface area contributed by atoms with E-state index in [0.717, 1.165) is 44.9 Å². The van der Waals surface area contributed by atoms with E-state index in [2.05, 4.69) is 6.92 Å². The van der Waals surface area contributed by atoms with Crippen molar-refractivity contribution in [1.82, 2.24) is 0 Å². The predicted octanol–water partition coefficient (Wildman–Crippen LogP) is 4.11. The van der Waals surface area contributed by atoms with E-state index in [1.807, 2.05) is 6.92 Å². The zero-order valence-corrected chi connectivity index (χ0v) is 23.2. The molecule has 0 fully saturated rings. The van der Waals surface area contributed by atoms with Gasteiger partial charge in [0.05, 0.1) is 16.2 Å². The Bertz CT molecular complexity index is 442. The summed E-state index contributed by atoms with van der Waals surface area (Å²) in [6.45, 7) is 4.17. The number of hydrogen-bond donors (Lipinski definition) is 1. The molecule has 0 aliphatic carbocycles. The summed E-state index contributed by atoms with van der Waals surface area (Å²) in [5, 5.41) is 9.38. The van der Waals surface area contributed by atoms with Crippen molar-refractivity contribution in [2.24, 2.45) is 0 Å². The van der Waals surface area contributed by atoms with Crippen LogP contribution in [0, 0.1) is 0 Å². The van der Waals surface area contributed by atoms with E-state index in [0.29, 0.717) is 12.8 Å². The summed E-state index contributed by atoms with van der Waals surface area (Å²) in [5.41, 5.74) is 0. The molecule has 0 spiro atoms. The second-order valence-corrected chi connectivity index (χ2v) is 10.5. The molecule has 0 rings (SSSR count). The van der Waals surface area contributed by atoms with Crippen LogP contribution in [0.4, 0.5) is 0 Å². The normalized spacial score (nSPS) is 13.7. The van der Waals surface area contributed by atoms with Crippen LogP contribution in [0.3, 0.4) is 0 Å². The molecular formula is C24H49NaO4S. The second-order valence-electron chi connectivity index (χ2n) is 8.87. The smallest absolute Gasteiger partial charge is 0.748 e. The molecule has 0 aliphatic heterocycles. The van der Waals surface area contributed by atoms with E-state index in [1.165, 1.54) is 70.6 Å². The van der Waals surface area contributed by atoms with Gasteiger partial charge in [-0.25, -0.2) is 8.42 Å². The average molecular weight is 457 g/mol. The van der Waals surface area contributed by atoms with E-state index >= 15 is 0 Å². The Kier molecular flexibility index (Phi) is 25.4. The minimum atomic E-state index is -4.13. The molecule has 0 saturated carbocycles. The first kappa shape index (κ1) is 33.0. The first-order chi connectivity index (χ1) is 13.9. The van der Waals surface area contributed by atoms with Crippen molar-refractivity contribution < 1.29 is 47.6 Å². The monoisotopic (exact) mass is 456 g/mol. The van der Waals surface area contributed by atoms with Gasteiger partial charge in [0.15, 0.2) is 0 Å². The van der Waals surface area contributed by atoms with Gasteiger partial charge in [0.1, 0.15) is 0 Å². The Morgan fingerprint density at radius 2 is 0.967 bits per heavy atom. The third-order valence-corrected chi connectivity index (χ3v) is 7.26. The number of rotatable bonds is 22. The zero-order valence-electron chi connectivity index (χ0n) is 20.4. The Labute approximate surface area is 210 Å². The van der Waals surface area contributed by atoms with Crippen molar-refractivity contribution in [3.05, 3.63) is 0 Å². The van der Waals surface area contributed by atoms with Crippen LogP contribution in [0.2, 0.25) is 0 Å². The summed E-state index contributed by atoms with van der Waals surface area (Å²) in [6, 6.07) is 0. The van der Waals surface area contributed by atoms with Crippen molar-refractivity contribution in [3.8, 4) is 0 Å². The average Bonchev–Trinajstić information content (AvgIpc) is 2.67. The second kappa shape index (κ2) is 23.0. The van der Waals surface area contributed by atoms with E-state index < -0.39 is 15.4 Å². The fourth-order valence-corrected chi connectivity index (χ4v) is 5.03. The van der Waals surface area contributed by atoms with Crippen LogP contribution >= 0.6 is 0 Å². The molecule has 0 aliphatic rings. The van der Waals surface area contributed by atoms with Crippen LogP contribution in [0.15, 0.2) is 0 Å². The van der Waals surface area contributed by atoms with Gasteiger partial charge in [-0.15, -0.1) is 0 Å². The van der Waals surface area contributed by atoms with E-state index in [4.69, 9.17) is 0 Å². The van der Waals surface area contributed by atoms with Crippen LogP contribution in [0.25, 0.3) is 0 Å². The van der Waals surface area contributed by atoms with Gasteiger partial charge in [-0.2, -0.15) is 0 Å². The third kappa shape index (κ3) is 22.1. The molecule has 0 heterocycles. The predicted molar refractivity (Wildman–Crippen MR) is 123 cm³/mol. The van der Waals surface area contributed by atoms with E-state index in [-0.39, 0.29) is 35.7 Å². The van der Waals surface area contributed by atoms with E-state index in [1.54, 1.807) is 0 Å². The number of hydrogen-bond acceptors (Lipinski definition) is 4. The fraction of sp³-hybridized carbons (Fsp3) is 1.00. The standard InChI is InChI=1S/C24H50O4S.Na/c1-3-5-6-7-10-13-16-20-23(25)21-17-14-11-8-9-12-15-18-22-24(19-4-2)29(26,27)28;/h23-25H,3-22H2,1-2H3,(H,26,27,28);/q;+1/p-1.